The number of nitrogens with zero attached hydrogens (tertiary/aromatic N) is 2. The molecule has 1 aromatic rings. The third-order valence-corrected chi connectivity index (χ3v) is 3.75. The van der Waals surface area contributed by atoms with Crippen LogP contribution in [-0.4, -0.2) is 36.7 Å². The first-order valence-electron chi connectivity index (χ1n) is 8.17. The Labute approximate surface area is 165 Å². The van der Waals surface area contributed by atoms with Gasteiger partial charge < -0.3 is 15.4 Å². The van der Waals surface area contributed by atoms with Crippen molar-refractivity contribution < 1.29 is 9.66 Å². The lowest BCUT2D eigenvalue weighted by atomic mass is 10.1. The average Bonchev–Trinajstić information content (AvgIpc) is 2.62. The number of hydrogen-bond acceptors (Lipinski definition) is 4. The highest BCUT2D eigenvalue weighted by atomic mass is 127. The quantitative estimate of drug-likeness (QED) is 0.163. The van der Waals surface area contributed by atoms with E-state index in [1.54, 1.807) is 18.2 Å². The first kappa shape index (κ1) is 21.4. The van der Waals surface area contributed by atoms with E-state index in [0.717, 1.165) is 25.0 Å². The Hall–Kier alpha value is -1.68. The molecule has 1 saturated heterocycles. The van der Waals surface area contributed by atoms with Crippen LogP contribution in [0.25, 0.3) is 0 Å². The number of halogens is 1. The van der Waals surface area contributed by atoms with Crippen molar-refractivity contribution >= 4 is 35.6 Å². The molecule has 2 N–H and O–H groups in total. The fourth-order valence-electron chi connectivity index (χ4n) is 2.42. The zero-order valence-corrected chi connectivity index (χ0v) is 16.5. The van der Waals surface area contributed by atoms with Crippen LogP contribution in [0, 0.1) is 10.1 Å². The molecule has 1 heterocycles. The summed E-state index contributed by atoms with van der Waals surface area (Å²) in [5.74, 6) is 0.683. The fourth-order valence-corrected chi connectivity index (χ4v) is 2.42. The molecule has 1 atom stereocenters. The molecule has 0 aliphatic carbocycles. The molecular weight excluding hydrogens is 435 g/mol. The highest BCUT2D eigenvalue weighted by molar-refractivity contribution is 14.0. The topological polar surface area (TPSA) is 88.8 Å². The van der Waals surface area contributed by atoms with Gasteiger partial charge in [-0.15, -0.1) is 30.6 Å². The van der Waals surface area contributed by atoms with Crippen LogP contribution in [0.3, 0.4) is 0 Å². The van der Waals surface area contributed by atoms with Crippen LogP contribution in [-0.2, 0) is 11.3 Å². The minimum atomic E-state index is -0.407. The fraction of sp³-hybridized carbons (Fsp3) is 0.471. The Kier molecular flexibility index (Phi) is 10.1. The van der Waals surface area contributed by atoms with Crippen molar-refractivity contribution in [2.75, 3.05) is 19.7 Å². The predicted molar refractivity (Wildman–Crippen MR) is 109 cm³/mol. The molecule has 0 bridgehead atoms. The first-order chi connectivity index (χ1) is 11.7. The number of nitro groups is 1. The van der Waals surface area contributed by atoms with Crippen LogP contribution < -0.4 is 10.6 Å². The molecule has 2 rings (SSSR count). The number of benzene rings is 1. The second-order valence-electron chi connectivity index (χ2n) is 5.63. The second kappa shape index (κ2) is 11.8. The molecule has 25 heavy (non-hydrogen) atoms. The molecule has 1 unspecified atom stereocenters. The Balaban J connectivity index is 0.00000312. The molecule has 0 saturated carbocycles. The summed E-state index contributed by atoms with van der Waals surface area (Å²) >= 11 is 0. The van der Waals surface area contributed by atoms with E-state index in [0.29, 0.717) is 25.6 Å². The standard InChI is InChI=1S/C17H24N4O3.HI/c1-2-10-18-17(20-13-16-5-3-4-11-24-16)19-12-14-6-8-15(9-7-14)21(22)23;/h2,6-9,16H,1,3-5,10-13H2,(H2,18,19,20);1H. The van der Waals surface area contributed by atoms with Crippen molar-refractivity contribution in [1.29, 1.82) is 0 Å². The molecule has 8 heteroatoms. The minimum absolute atomic E-state index is 0. The number of rotatable bonds is 7. The third-order valence-electron chi connectivity index (χ3n) is 3.75. The van der Waals surface area contributed by atoms with E-state index in [1.165, 1.54) is 18.6 Å². The number of nitrogens with one attached hydrogen (secondary N) is 2. The largest absolute Gasteiger partial charge is 0.376 e. The van der Waals surface area contributed by atoms with Gasteiger partial charge in [-0.3, -0.25) is 10.1 Å². The normalized spacial score (nSPS) is 17.3. The summed E-state index contributed by atoms with van der Waals surface area (Å²) in [4.78, 5) is 14.8. The first-order valence-corrected chi connectivity index (χ1v) is 8.17. The van der Waals surface area contributed by atoms with E-state index < -0.39 is 4.92 Å². The van der Waals surface area contributed by atoms with Crippen molar-refractivity contribution in [3.8, 4) is 0 Å². The summed E-state index contributed by atoms with van der Waals surface area (Å²) in [7, 11) is 0. The van der Waals surface area contributed by atoms with Gasteiger partial charge >= 0.3 is 0 Å². The number of hydrogen-bond donors (Lipinski definition) is 2. The van der Waals surface area contributed by atoms with Gasteiger partial charge in [0, 0.05) is 31.8 Å². The summed E-state index contributed by atoms with van der Waals surface area (Å²) in [5, 5.41) is 17.1. The van der Waals surface area contributed by atoms with Crippen LogP contribution in [0.2, 0.25) is 0 Å². The maximum atomic E-state index is 10.7. The number of aliphatic imine (C=N–C) groups is 1. The van der Waals surface area contributed by atoms with Crippen LogP contribution >= 0.6 is 24.0 Å². The van der Waals surface area contributed by atoms with Gasteiger partial charge in [0.15, 0.2) is 5.96 Å². The van der Waals surface area contributed by atoms with Crippen molar-refractivity contribution in [2.45, 2.75) is 31.9 Å². The Morgan fingerprint density at radius 2 is 2.12 bits per heavy atom. The monoisotopic (exact) mass is 460 g/mol. The molecular formula is C17H25IN4O3. The summed E-state index contributed by atoms with van der Waals surface area (Å²) in [6.45, 7) is 6.28. The van der Waals surface area contributed by atoms with Gasteiger partial charge in [-0.25, -0.2) is 4.99 Å². The lowest BCUT2D eigenvalue weighted by molar-refractivity contribution is -0.384. The van der Waals surface area contributed by atoms with Gasteiger partial charge in [-0.2, -0.15) is 0 Å². The SMILES string of the molecule is C=CCNC(=NCc1ccc([N+](=O)[O-])cc1)NCC1CCCCO1.I. The molecule has 1 aliphatic heterocycles. The van der Waals surface area contributed by atoms with Gasteiger partial charge in [0.25, 0.3) is 5.69 Å². The number of guanidine groups is 1. The lowest BCUT2D eigenvalue weighted by Crippen LogP contribution is -2.42. The predicted octanol–water partition coefficient (Wildman–Crippen LogP) is 3.00. The van der Waals surface area contributed by atoms with Gasteiger partial charge in [-0.05, 0) is 24.8 Å². The van der Waals surface area contributed by atoms with E-state index >= 15 is 0 Å². The molecule has 1 fully saturated rings. The summed E-state index contributed by atoms with van der Waals surface area (Å²) < 4.78 is 5.70. The van der Waals surface area contributed by atoms with E-state index in [2.05, 4.69) is 22.2 Å². The van der Waals surface area contributed by atoms with Gasteiger partial charge in [0.05, 0.1) is 17.6 Å². The van der Waals surface area contributed by atoms with Crippen molar-refractivity contribution in [1.82, 2.24) is 10.6 Å². The zero-order chi connectivity index (χ0) is 17.2. The Bertz CT molecular complexity index is 572. The highest BCUT2D eigenvalue weighted by Gasteiger charge is 2.14. The molecule has 1 aromatic carbocycles. The van der Waals surface area contributed by atoms with Crippen LogP contribution in [0.1, 0.15) is 24.8 Å². The van der Waals surface area contributed by atoms with Gasteiger partial charge in [0.2, 0.25) is 0 Å². The van der Waals surface area contributed by atoms with Gasteiger partial charge in [0.1, 0.15) is 0 Å². The molecule has 1 aliphatic rings. The van der Waals surface area contributed by atoms with Crippen molar-refractivity contribution in [3.63, 3.8) is 0 Å². The summed E-state index contributed by atoms with van der Waals surface area (Å²) in [6.07, 6.45) is 5.37. The molecule has 0 aromatic heterocycles. The van der Waals surface area contributed by atoms with Gasteiger partial charge in [-0.1, -0.05) is 18.2 Å². The Morgan fingerprint density at radius 3 is 2.72 bits per heavy atom. The van der Waals surface area contributed by atoms with Crippen molar-refractivity contribution in [2.24, 2.45) is 4.99 Å². The van der Waals surface area contributed by atoms with Crippen LogP contribution in [0.15, 0.2) is 41.9 Å². The molecule has 0 spiro atoms. The highest BCUT2D eigenvalue weighted by Crippen LogP contribution is 2.13. The van der Waals surface area contributed by atoms with Crippen molar-refractivity contribution in [3.05, 3.63) is 52.6 Å². The minimum Gasteiger partial charge on any atom is -0.376 e. The molecule has 0 amide bonds. The van der Waals surface area contributed by atoms with E-state index in [1.807, 2.05) is 0 Å². The molecule has 138 valence electrons. The molecule has 0 radical (unpaired) electrons. The maximum Gasteiger partial charge on any atom is 0.269 e. The van der Waals surface area contributed by atoms with Crippen LogP contribution in [0.5, 0.6) is 0 Å². The average molecular weight is 460 g/mol. The summed E-state index contributed by atoms with van der Waals surface area (Å²) in [5.41, 5.74) is 0.995. The number of nitro benzene ring substituents is 1. The number of ether oxygens (including phenoxy) is 1. The summed E-state index contributed by atoms with van der Waals surface area (Å²) in [6, 6.07) is 6.42. The Morgan fingerprint density at radius 1 is 1.36 bits per heavy atom. The smallest absolute Gasteiger partial charge is 0.269 e. The second-order valence-corrected chi connectivity index (χ2v) is 5.63. The maximum absolute atomic E-state index is 10.7. The van der Waals surface area contributed by atoms with E-state index in [4.69, 9.17) is 4.74 Å². The van der Waals surface area contributed by atoms with E-state index in [-0.39, 0.29) is 35.8 Å². The third kappa shape index (κ3) is 7.82. The lowest BCUT2D eigenvalue weighted by Gasteiger charge is -2.23. The zero-order valence-electron chi connectivity index (χ0n) is 14.1. The van der Waals surface area contributed by atoms with Crippen LogP contribution in [0.4, 0.5) is 5.69 Å². The number of non-ortho nitro benzene ring substituents is 1. The van der Waals surface area contributed by atoms with E-state index in [9.17, 15) is 10.1 Å². The molecule has 7 nitrogen and oxygen atoms in total.